The fourth-order valence-corrected chi connectivity index (χ4v) is 1.76. The highest BCUT2D eigenvalue weighted by molar-refractivity contribution is 5.95. The van der Waals surface area contributed by atoms with E-state index in [4.69, 9.17) is 0 Å². The van der Waals surface area contributed by atoms with Gasteiger partial charge in [-0.15, -0.1) is 0 Å². The summed E-state index contributed by atoms with van der Waals surface area (Å²) < 4.78 is 0. The lowest BCUT2D eigenvalue weighted by atomic mass is 10.1. The maximum absolute atomic E-state index is 11.9. The summed E-state index contributed by atoms with van der Waals surface area (Å²) in [4.78, 5) is 15.9. The average molecular weight is 240 g/mol. The van der Waals surface area contributed by atoms with Crippen LogP contribution in [0.4, 0.5) is 0 Å². The molecule has 0 saturated heterocycles. The third kappa shape index (κ3) is 3.17. The molecule has 0 saturated carbocycles. The van der Waals surface area contributed by atoms with Crippen LogP contribution in [-0.2, 0) is 6.42 Å². The second kappa shape index (κ2) is 5.96. The monoisotopic (exact) mass is 240 g/mol. The van der Waals surface area contributed by atoms with E-state index < -0.39 is 0 Å². The molecule has 0 unspecified atom stereocenters. The molecule has 18 heavy (non-hydrogen) atoms. The molecule has 0 aliphatic heterocycles. The van der Waals surface area contributed by atoms with Gasteiger partial charge in [-0.3, -0.25) is 9.78 Å². The number of aryl methyl sites for hydroxylation is 1. The molecule has 92 valence electrons. The van der Waals surface area contributed by atoms with Gasteiger partial charge in [0.05, 0.1) is 5.56 Å². The van der Waals surface area contributed by atoms with E-state index in [1.54, 1.807) is 12.4 Å². The summed E-state index contributed by atoms with van der Waals surface area (Å²) in [6.07, 6.45) is 4.13. The van der Waals surface area contributed by atoms with E-state index in [1.165, 1.54) is 5.56 Å². The summed E-state index contributed by atoms with van der Waals surface area (Å²) in [5.41, 5.74) is 2.81. The molecule has 1 N–H and O–H groups in total. The molecular weight excluding hydrogens is 224 g/mol. The molecule has 0 radical (unpaired) electrons. The standard InChI is InChI=1S/C15H16N2O/c1-12-7-9-16-11-14(12)15(18)17-10-8-13-5-3-2-4-6-13/h2-7,9,11H,8,10H2,1H3,(H,17,18). The Morgan fingerprint density at radius 2 is 2.00 bits per heavy atom. The first-order valence-electron chi connectivity index (χ1n) is 6.00. The van der Waals surface area contributed by atoms with Gasteiger partial charge in [0.1, 0.15) is 0 Å². The molecule has 0 atom stereocenters. The highest BCUT2D eigenvalue weighted by Gasteiger charge is 2.07. The quantitative estimate of drug-likeness (QED) is 0.891. The second-order valence-electron chi connectivity index (χ2n) is 4.18. The summed E-state index contributed by atoms with van der Waals surface area (Å²) in [6, 6.07) is 11.9. The molecule has 0 aliphatic rings. The number of nitrogens with zero attached hydrogens (tertiary/aromatic N) is 1. The minimum atomic E-state index is -0.0588. The van der Waals surface area contributed by atoms with Crippen LogP contribution in [-0.4, -0.2) is 17.4 Å². The summed E-state index contributed by atoms with van der Waals surface area (Å²) in [5, 5.41) is 2.91. The summed E-state index contributed by atoms with van der Waals surface area (Å²) in [7, 11) is 0. The van der Waals surface area contributed by atoms with E-state index in [9.17, 15) is 4.79 Å². The number of rotatable bonds is 4. The predicted octanol–water partition coefficient (Wildman–Crippen LogP) is 2.36. The van der Waals surface area contributed by atoms with Crippen molar-refractivity contribution in [1.29, 1.82) is 0 Å². The molecule has 3 heteroatoms. The minimum absolute atomic E-state index is 0.0588. The normalized spacial score (nSPS) is 10.1. The molecule has 0 spiro atoms. The average Bonchev–Trinajstić information content (AvgIpc) is 2.40. The second-order valence-corrected chi connectivity index (χ2v) is 4.18. The minimum Gasteiger partial charge on any atom is -0.352 e. The number of carbonyl (C=O) groups is 1. The Hall–Kier alpha value is -2.16. The highest BCUT2D eigenvalue weighted by Crippen LogP contribution is 2.04. The van der Waals surface area contributed by atoms with Gasteiger partial charge >= 0.3 is 0 Å². The number of hydrogen-bond donors (Lipinski definition) is 1. The summed E-state index contributed by atoms with van der Waals surface area (Å²) in [5.74, 6) is -0.0588. The number of amides is 1. The lowest BCUT2D eigenvalue weighted by Crippen LogP contribution is -2.26. The first kappa shape index (κ1) is 12.3. The maximum atomic E-state index is 11.9. The molecule has 3 nitrogen and oxygen atoms in total. The van der Waals surface area contributed by atoms with Gasteiger partial charge in [0, 0.05) is 18.9 Å². The molecular formula is C15H16N2O. The predicted molar refractivity (Wildman–Crippen MR) is 71.5 cm³/mol. The SMILES string of the molecule is Cc1ccncc1C(=O)NCCc1ccccc1. The van der Waals surface area contributed by atoms with Crippen LogP contribution >= 0.6 is 0 Å². The Morgan fingerprint density at radius 1 is 1.22 bits per heavy atom. The number of nitrogens with one attached hydrogen (secondary N) is 1. The largest absolute Gasteiger partial charge is 0.352 e. The molecule has 0 aliphatic carbocycles. The van der Waals surface area contributed by atoms with Crippen molar-refractivity contribution in [2.75, 3.05) is 6.54 Å². The van der Waals surface area contributed by atoms with E-state index in [1.807, 2.05) is 31.2 Å². The van der Waals surface area contributed by atoms with E-state index in [-0.39, 0.29) is 5.91 Å². The van der Waals surface area contributed by atoms with Crippen molar-refractivity contribution in [3.8, 4) is 0 Å². The third-order valence-corrected chi connectivity index (χ3v) is 2.83. The van der Waals surface area contributed by atoms with E-state index in [2.05, 4.69) is 22.4 Å². The van der Waals surface area contributed by atoms with Crippen LogP contribution in [0.1, 0.15) is 21.5 Å². The van der Waals surface area contributed by atoms with E-state index >= 15 is 0 Å². The third-order valence-electron chi connectivity index (χ3n) is 2.83. The number of pyridine rings is 1. The van der Waals surface area contributed by atoms with Crippen LogP contribution in [0.5, 0.6) is 0 Å². The van der Waals surface area contributed by atoms with Crippen molar-refractivity contribution >= 4 is 5.91 Å². The van der Waals surface area contributed by atoms with Crippen LogP contribution in [0.2, 0.25) is 0 Å². The highest BCUT2D eigenvalue weighted by atomic mass is 16.1. The smallest absolute Gasteiger partial charge is 0.253 e. The van der Waals surface area contributed by atoms with Gasteiger partial charge in [-0.2, -0.15) is 0 Å². The molecule has 1 heterocycles. The maximum Gasteiger partial charge on any atom is 0.253 e. The van der Waals surface area contributed by atoms with Gasteiger partial charge < -0.3 is 5.32 Å². The Kier molecular flexibility index (Phi) is 4.07. The number of hydrogen-bond acceptors (Lipinski definition) is 2. The van der Waals surface area contributed by atoms with Crippen molar-refractivity contribution in [3.63, 3.8) is 0 Å². The first-order valence-corrected chi connectivity index (χ1v) is 6.00. The van der Waals surface area contributed by atoms with Crippen molar-refractivity contribution in [1.82, 2.24) is 10.3 Å². The van der Waals surface area contributed by atoms with Crippen LogP contribution < -0.4 is 5.32 Å². The summed E-state index contributed by atoms with van der Waals surface area (Å²) >= 11 is 0. The molecule has 1 amide bonds. The van der Waals surface area contributed by atoms with Crippen molar-refractivity contribution < 1.29 is 4.79 Å². The van der Waals surface area contributed by atoms with Gasteiger partial charge in [-0.1, -0.05) is 30.3 Å². The molecule has 2 aromatic rings. The molecule has 0 bridgehead atoms. The molecule has 0 fully saturated rings. The Balaban J connectivity index is 1.88. The Morgan fingerprint density at radius 3 is 2.72 bits per heavy atom. The summed E-state index contributed by atoms with van der Waals surface area (Å²) in [6.45, 7) is 2.55. The fraction of sp³-hybridized carbons (Fsp3) is 0.200. The van der Waals surface area contributed by atoms with Crippen LogP contribution in [0, 0.1) is 6.92 Å². The molecule has 1 aromatic carbocycles. The van der Waals surface area contributed by atoms with Crippen molar-refractivity contribution in [2.24, 2.45) is 0 Å². The Labute approximate surface area is 107 Å². The van der Waals surface area contributed by atoms with Gasteiger partial charge in [-0.25, -0.2) is 0 Å². The molecule has 1 aromatic heterocycles. The lowest BCUT2D eigenvalue weighted by molar-refractivity contribution is 0.0953. The van der Waals surface area contributed by atoms with Crippen LogP contribution in [0.25, 0.3) is 0 Å². The Bertz CT molecular complexity index is 523. The van der Waals surface area contributed by atoms with Crippen LogP contribution in [0.3, 0.4) is 0 Å². The zero-order chi connectivity index (χ0) is 12.8. The number of benzene rings is 1. The zero-order valence-corrected chi connectivity index (χ0v) is 10.4. The lowest BCUT2D eigenvalue weighted by Gasteiger charge is -2.07. The first-order chi connectivity index (χ1) is 8.77. The van der Waals surface area contributed by atoms with Gasteiger partial charge in [-0.05, 0) is 30.5 Å². The number of carbonyl (C=O) groups excluding carboxylic acids is 1. The zero-order valence-electron chi connectivity index (χ0n) is 10.4. The van der Waals surface area contributed by atoms with Crippen LogP contribution in [0.15, 0.2) is 48.8 Å². The van der Waals surface area contributed by atoms with Gasteiger partial charge in [0.2, 0.25) is 0 Å². The van der Waals surface area contributed by atoms with Crippen molar-refractivity contribution in [2.45, 2.75) is 13.3 Å². The van der Waals surface area contributed by atoms with E-state index in [0.29, 0.717) is 12.1 Å². The van der Waals surface area contributed by atoms with Gasteiger partial charge in [0.15, 0.2) is 0 Å². The fourth-order valence-electron chi connectivity index (χ4n) is 1.76. The molecule has 2 rings (SSSR count). The number of aromatic nitrogens is 1. The van der Waals surface area contributed by atoms with Gasteiger partial charge in [0.25, 0.3) is 5.91 Å². The van der Waals surface area contributed by atoms with E-state index in [0.717, 1.165) is 12.0 Å². The van der Waals surface area contributed by atoms with Crippen molar-refractivity contribution in [3.05, 3.63) is 65.5 Å². The topological polar surface area (TPSA) is 42.0 Å².